The summed E-state index contributed by atoms with van der Waals surface area (Å²) < 4.78 is 0. The Morgan fingerprint density at radius 1 is 1.09 bits per heavy atom. The Balaban J connectivity index is 1.40. The van der Waals surface area contributed by atoms with Gasteiger partial charge in [-0.25, -0.2) is 0 Å². The number of rotatable bonds is 3. The summed E-state index contributed by atoms with van der Waals surface area (Å²) in [6.45, 7) is 3.11. The molecule has 4 aromatic rings. The van der Waals surface area contributed by atoms with Crippen LogP contribution in [0.5, 0.6) is 0 Å². The van der Waals surface area contributed by atoms with Crippen molar-refractivity contribution in [2.75, 3.05) is 11.9 Å². The molecule has 2 N–H and O–H groups in total. The van der Waals surface area contributed by atoms with Crippen LogP contribution in [0.4, 0.5) is 5.69 Å². The van der Waals surface area contributed by atoms with E-state index in [4.69, 9.17) is 0 Å². The Bertz CT molecular complexity index is 1420. The zero-order valence-corrected chi connectivity index (χ0v) is 18.3. The van der Waals surface area contributed by atoms with E-state index in [-0.39, 0.29) is 17.2 Å². The van der Waals surface area contributed by atoms with E-state index in [2.05, 4.69) is 21.7 Å². The molecular formula is C25H21N3O3S. The number of hydrogen-bond acceptors (Lipinski definition) is 4. The fourth-order valence-corrected chi connectivity index (χ4v) is 5.01. The number of fused-ring (bicyclic) bond motifs is 2. The molecule has 7 heteroatoms. The Morgan fingerprint density at radius 3 is 2.81 bits per heavy atom. The highest BCUT2D eigenvalue weighted by atomic mass is 32.1. The number of nitrogens with one attached hydrogen (secondary N) is 2. The third-order valence-electron chi connectivity index (χ3n) is 5.91. The smallest absolute Gasteiger partial charge is 0.272 e. The molecule has 0 spiro atoms. The maximum atomic E-state index is 13.2. The average molecular weight is 444 g/mol. The van der Waals surface area contributed by atoms with Crippen molar-refractivity contribution in [1.82, 2.24) is 9.88 Å². The molecule has 0 aliphatic carbocycles. The molecule has 1 aliphatic heterocycles. The van der Waals surface area contributed by atoms with Crippen LogP contribution in [0.1, 0.15) is 36.9 Å². The minimum atomic E-state index is -0.429. The molecule has 2 aromatic heterocycles. The number of carbonyl (C=O) groups excluding carboxylic acids is 2. The number of pyridine rings is 1. The van der Waals surface area contributed by atoms with Crippen molar-refractivity contribution in [2.45, 2.75) is 19.9 Å². The van der Waals surface area contributed by atoms with E-state index in [1.54, 1.807) is 53.8 Å². The number of nitrogens with zero attached hydrogens (tertiary/aromatic N) is 1. The van der Waals surface area contributed by atoms with Crippen LogP contribution in [0.2, 0.25) is 0 Å². The summed E-state index contributed by atoms with van der Waals surface area (Å²) in [5, 5.41) is 6.14. The van der Waals surface area contributed by atoms with Gasteiger partial charge in [0.2, 0.25) is 0 Å². The molecule has 5 rings (SSSR count). The number of H-pyrrole nitrogens is 1. The molecule has 6 nitrogen and oxygen atoms in total. The van der Waals surface area contributed by atoms with Gasteiger partial charge in [-0.1, -0.05) is 24.3 Å². The number of aromatic nitrogens is 1. The molecule has 32 heavy (non-hydrogen) atoms. The van der Waals surface area contributed by atoms with E-state index in [0.29, 0.717) is 40.7 Å². The largest absolute Gasteiger partial charge is 0.334 e. The van der Waals surface area contributed by atoms with E-state index in [1.807, 2.05) is 17.9 Å². The van der Waals surface area contributed by atoms with E-state index < -0.39 is 5.91 Å². The van der Waals surface area contributed by atoms with E-state index in [0.717, 1.165) is 6.42 Å². The lowest BCUT2D eigenvalue weighted by atomic mass is 10.0. The fourth-order valence-electron chi connectivity index (χ4n) is 4.12. The normalized spacial score (nSPS) is 13.1. The third kappa shape index (κ3) is 3.61. The zero-order chi connectivity index (χ0) is 22.2. The summed E-state index contributed by atoms with van der Waals surface area (Å²) in [6.07, 6.45) is 0.865. The van der Waals surface area contributed by atoms with Gasteiger partial charge < -0.3 is 15.2 Å². The molecule has 0 bridgehead atoms. The minimum Gasteiger partial charge on any atom is -0.334 e. The number of aromatic amines is 1. The summed E-state index contributed by atoms with van der Waals surface area (Å²) in [5.41, 5.74) is 2.87. The van der Waals surface area contributed by atoms with Gasteiger partial charge >= 0.3 is 0 Å². The van der Waals surface area contributed by atoms with Crippen molar-refractivity contribution in [1.29, 1.82) is 0 Å². The van der Waals surface area contributed by atoms with Crippen molar-refractivity contribution in [3.63, 3.8) is 0 Å². The van der Waals surface area contributed by atoms with Gasteiger partial charge in [0.15, 0.2) is 0 Å². The van der Waals surface area contributed by atoms with Crippen LogP contribution < -0.4 is 10.9 Å². The second kappa shape index (κ2) is 8.09. The van der Waals surface area contributed by atoms with E-state index in [1.165, 1.54) is 10.4 Å². The molecule has 0 radical (unpaired) electrons. The fraction of sp³-hybridized carbons (Fsp3) is 0.160. The molecule has 2 amide bonds. The quantitative estimate of drug-likeness (QED) is 0.494. The van der Waals surface area contributed by atoms with Gasteiger partial charge in [-0.3, -0.25) is 14.4 Å². The third-order valence-corrected chi connectivity index (χ3v) is 6.93. The van der Waals surface area contributed by atoms with Crippen LogP contribution >= 0.6 is 11.3 Å². The number of carbonyl (C=O) groups is 2. The highest BCUT2D eigenvalue weighted by Crippen LogP contribution is 2.27. The number of benzene rings is 2. The minimum absolute atomic E-state index is 0.0467. The highest BCUT2D eigenvalue weighted by Gasteiger charge is 2.24. The van der Waals surface area contributed by atoms with Gasteiger partial charge in [-0.2, -0.15) is 0 Å². The molecule has 0 saturated heterocycles. The second-order valence-electron chi connectivity index (χ2n) is 7.88. The van der Waals surface area contributed by atoms with Crippen LogP contribution in [0.3, 0.4) is 0 Å². The molecular weight excluding hydrogens is 422 g/mol. The zero-order valence-electron chi connectivity index (χ0n) is 17.5. The molecule has 0 saturated carbocycles. The molecule has 2 aromatic carbocycles. The first kappa shape index (κ1) is 20.2. The van der Waals surface area contributed by atoms with Gasteiger partial charge in [0.25, 0.3) is 17.4 Å². The first-order valence-electron chi connectivity index (χ1n) is 10.4. The lowest BCUT2D eigenvalue weighted by molar-refractivity contribution is 0.0735. The summed E-state index contributed by atoms with van der Waals surface area (Å²) in [6, 6.07) is 16.2. The Kier molecular flexibility index (Phi) is 5.11. The molecule has 0 fully saturated rings. The monoisotopic (exact) mass is 443 g/mol. The average Bonchev–Trinajstić information content (AvgIpc) is 3.28. The van der Waals surface area contributed by atoms with Crippen molar-refractivity contribution in [3.05, 3.63) is 97.6 Å². The SMILES string of the molecule is Cc1c(NC(=O)c2cc3ccccc3c(=O)[nH]2)cccc1C(=O)N1CCc2sccc2C1. The van der Waals surface area contributed by atoms with Crippen molar-refractivity contribution in [2.24, 2.45) is 0 Å². The summed E-state index contributed by atoms with van der Waals surface area (Å²) in [7, 11) is 0. The van der Waals surface area contributed by atoms with Gasteiger partial charge in [-0.15, -0.1) is 11.3 Å². The van der Waals surface area contributed by atoms with Crippen LogP contribution in [-0.4, -0.2) is 28.2 Å². The number of hydrogen-bond donors (Lipinski definition) is 2. The van der Waals surface area contributed by atoms with Gasteiger partial charge in [0, 0.05) is 34.6 Å². The Labute approximate surface area is 188 Å². The van der Waals surface area contributed by atoms with Crippen LogP contribution in [0, 0.1) is 6.92 Å². The van der Waals surface area contributed by atoms with Crippen molar-refractivity contribution in [3.8, 4) is 0 Å². The molecule has 0 unspecified atom stereocenters. The maximum absolute atomic E-state index is 13.2. The Morgan fingerprint density at radius 2 is 1.94 bits per heavy atom. The second-order valence-corrected chi connectivity index (χ2v) is 8.88. The maximum Gasteiger partial charge on any atom is 0.272 e. The predicted octanol–water partition coefficient (Wildman–Crippen LogP) is 4.35. The van der Waals surface area contributed by atoms with E-state index >= 15 is 0 Å². The number of amides is 2. The first-order valence-corrected chi connectivity index (χ1v) is 11.3. The molecule has 1 aliphatic rings. The Hall–Kier alpha value is -3.71. The molecule has 3 heterocycles. The van der Waals surface area contributed by atoms with E-state index in [9.17, 15) is 14.4 Å². The first-order chi connectivity index (χ1) is 15.5. The lowest BCUT2D eigenvalue weighted by Gasteiger charge is -2.28. The molecule has 160 valence electrons. The lowest BCUT2D eigenvalue weighted by Crippen LogP contribution is -2.35. The predicted molar refractivity (Wildman–Crippen MR) is 126 cm³/mol. The van der Waals surface area contributed by atoms with Gasteiger partial charge in [0.05, 0.1) is 0 Å². The summed E-state index contributed by atoms with van der Waals surface area (Å²) >= 11 is 1.74. The standard InChI is InChI=1S/C25H21N3O3S/c1-15-18(25(31)28-11-9-22-17(14-28)10-12-32-22)7-4-8-20(15)26-24(30)21-13-16-5-2-3-6-19(16)23(29)27-21/h2-8,10,12-13H,9,11,14H2,1H3,(H,26,30)(H,27,29). The summed E-state index contributed by atoms with van der Waals surface area (Å²) in [4.78, 5) is 44.3. The van der Waals surface area contributed by atoms with Gasteiger partial charge in [-0.05, 0) is 65.6 Å². The highest BCUT2D eigenvalue weighted by molar-refractivity contribution is 7.10. The number of anilines is 1. The van der Waals surface area contributed by atoms with Gasteiger partial charge in [0.1, 0.15) is 5.69 Å². The van der Waals surface area contributed by atoms with Crippen LogP contribution in [-0.2, 0) is 13.0 Å². The topological polar surface area (TPSA) is 82.3 Å². The van der Waals surface area contributed by atoms with Crippen molar-refractivity contribution < 1.29 is 9.59 Å². The van der Waals surface area contributed by atoms with Crippen LogP contribution in [0.25, 0.3) is 10.8 Å². The summed E-state index contributed by atoms with van der Waals surface area (Å²) in [5.74, 6) is -0.476. The van der Waals surface area contributed by atoms with Crippen molar-refractivity contribution >= 4 is 39.6 Å². The van der Waals surface area contributed by atoms with Crippen LogP contribution in [0.15, 0.2) is 64.8 Å². The number of thiophene rings is 1. The molecule has 0 atom stereocenters.